The van der Waals surface area contributed by atoms with Gasteiger partial charge >= 0.3 is 0 Å². The van der Waals surface area contributed by atoms with Crippen LogP contribution in [0.15, 0.2) is 59.0 Å². The smallest absolute Gasteiger partial charge is 0.259 e. The van der Waals surface area contributed by atoms with E-state index in [4.69, 9.17) is 16.6 Å². The quantitative estimate of drug-likeness (QED) is 0.280. The number of furan rings is 1. The Bertz CT molecular complexity index is 907. The van der Waals surface area contributed by atoms with Crippen molar-refractivity contribution < 1.29 is 14.0 Å². The van der Waals surface area contributed by atoms with Crippen molar-refractivity contribution in [2.75, 3.05) is 0 Å². The Kier molecular flexibility index (Phi) is 10.7. The molecule has 1 aromatic carbocycles. The lowest BCUT2D eigenvalue weighted by atomic mass is 9.88. The molecule has 0 radical (unpaired) electrons. The highest BCUT2D eigenvalue weighted by Gasteiger charge is 2.33. The van der Waals surface area contributed by atoms with E-state index in [1.165, 1.54) is 6.08 Å². The Balaban J connectivity index is 0.000000673. The largest absolute Gasteiger partial charge is 0.462 e. The summed E-state index contributed by atoms with van der Waals surface area (Å²) >= 11 is 5.21. The Labute approximate surface area is 185 Å². The number of amides is 1. The minimum Gasteiger partial charge on any atom is -0.462 e. The minimum absolute atomic E-state index is 0.0646. The van der Waals surface area contributed by atoms with Gasteiger partial charge in [0.05, 0.1) is 16.5 Å². The molecule has 0 aliphatic carbocycles. The molecule has 1 amide bonds. The summed E-state index contributed by atoms with van der Waals surface area (Å²) in [7, 11) is 0. The molecule has 1 fully saturated rings. The molecule has 0 saturated carbocycles. The number of carbonyl (C=O) groups excluding carboxylic acids is 2. The van der Waals surface area contributed by atoms with Crippen LogP contribution >= 0.6 is 12.2 Å². The van der Waals surface area contributed by atoms with Gasteiger partial charge in [-0.25, -0.2) is 0 Å². The monoisotopic (exact) mass is 425 g/mol. The van der Waals surface area contributed by atoms with Crippen LogP contribution in [0.2, 0.25) is 0 Å². The third kappa shape index (κ3) is 7.23. The van der Waals surface area contributed by atoms with Gasteiger partial charge in [0.2, 0.25) is 0 Å². The first-order chi connectivity index (χ1) is 14.3. The van der Waals surface area contributed by atoms with Crippen molar-refractivity contribution in [1.82, 2.24) is 5.32 Å². The van der Waals surface area contributed by atoms with Crippen LogP contribution in [0.5, 0.6) is 0 Å². The van der Waals surface area contributed by atoms with Gasteiger partial charge in [0.25, 0.3) is 5.91 Å². The zero-order valence-corrected chi connectivity index (χ0v) is 19.3. The maximum Gasteiger partial charge on any atom is 0.259 e. The van der Waals surface area contributed by atoms with Gasteiger partial charge in [0.15, 0.2) is 5.78 Å². The Morgan fingerprint density at radius 2 is 1.73 bits per heavy atom. The molecule has 0 bridgehead atoms. The lowest BCUT2D eigenvalue weighted by molar-refractivity contribution is -0.121. The van der Waals surface area contributed by atoms with Crippen molar-refractivity contribution in [1.29, 1.82) is 0 Å². The maximum atomic E-state index is 13.0. The highest BCUT2D eigenvalue weighted by atomic mass is 32.1. The van der Waals surface area contributed by atoms with Gasteiger partial charge in [-0.3, -0.25) is 9.59 Å². The second-order valence-corrected chi connectivity index (χ2v) is 7.11. The number of aryl methyl sites for hydroxylation is 2. The first-order valence-corrected chi connectivity index (χ1v) is 10.6. The molecule has 0 spiro atoms. The second kappa shape index (κ2) is 12.7. The third-order valence-corrected chi connectivity index (χ3v) is 4.55. The van der Waals surface area contributed by atoms with Crippen molar-refractivity contribution in [3.8, 4) is 0 Å². The maximum absolute atomic E-state index is 13.0. The van der Waals surface area contributed by atoms with E-state index in [-0.39, 0.29) is 11.4 Å². The molecule has 5 heteroatoms. The summed E-state index contributed by atoms with van der Waals surface area (Å²) in [5.41, 5.74) is 2.03. The predicted molar refractivity (Wildman–Crippen MR) is 128 cm³/mol. The molecule has 3 rings (SSSR count). The van der Waals surface area contributed by atoms with E-state index in [1.54, 1.807) is 19.1 Å². The van der Waals surface area contributed by atoms with Crippen LogP contribution in [0.25, 0.3) is 6.08 Å². The van der Waals surface area contributed by atoms with E-state index in [1.807, 2.05) is 51.1 Å². The van der Waals surface area contributed by atoms with Gasteiger partial charge in [0, 0.05) is 6.42 Å². The molecular formula is C25H31NO3S. The number of hydrogen-bond donors (Lipinski definition) is 1. The van der Waals surface area contributed by atoms with Crippen LogP contribution in [0.4, 0.5) is 0 Å². The first-order valence-electron chi connectivity index (χ1n) is 10.2. The van der Waals surface area contributed by atoms with Crippen molar-refractivity contribution in [2.45, 2.75) is 53.4 Å². The zero-order chi connectivity index (χ0) is 22.7. The van der Waals surface area contributed by atoms with E-state index in [0.717, 1.165) is 17.5 Å². The number of allylic oxidation sites excluding steroid dienone is 1. The highest BCUT2D eigenvalue weighted by Crippen LogP contribution is 2.28. The molecular weight excluding hydrogens is 394 g/mol. The van der Waals surface area contributed by atoms with Gasteiger partial charge in [-0.15, -0.1) is 6.58 Å². The molecule has 1 aliphatic heterocycles. The number of Topliss-reactive ketones (excluding diaryl/α,β-unsaturated/α-hetero) is 1. The van der Waals surface area contributed by atoms with Gasteiger partial charge in [-0.1, -0.05) is 68.9 Å². The number of benzene rings is 1. The van der Waals surface area contributed by atoms with Crippen LogP contribution in [0.3, 0.4) is 0 Å². The number of carbonyl (C=O) groups is 2. The SMILES string of the molecule is C=CCC.CC.Cc1ccc(C2CC(=S)NC(=O)/C(=C\c3ccc(C)o3)C2=O)cc1. The van der Waals surface area contributed by atoms with Gasteiger partial charge in [-0.2, -0.15) is 0 Å². The van der Waals surface area contributed by atoms with E-state index < -0.39 is 11.8 Å². The molecule has 1 N–H and O–H groups in total. The molecule has 4 nitrogen and oxygen atoms in total. The Morgan fingerprint density at radius 3 is 2.23 bits per heavy atom. The van der Waals surface area contributed by atoms with Crippen LogP contribution in [-0.2, 0) is 9.59 Å². The summed E-state index contributed by atoms with van der Waals surface area (Å²) in [6, 6.07) is 11.2. The highest BCUT2D eigenvalue weighted by molar-refractivity contribution is 7.80. The summed E-state index contributed by atoms with van der Waals surface area (Å²) in [5, 5.41) is 2.62. The molecule has 1 unspecified atom stereocenters. The van der Waals surface area contributed by atoms with Crippen LogP contribution in [-0.4, -0.2) is 16.7 Å². The van der Waals surface area contributed by atoms with E-state index in [2.05, 4.69) is 18.8 Å². The van der Waals surface area contributed by atoms with Crippen LogP contribution in [0.1, 0.15) is 62.2 Å². The standard InChI is InChI=1S/C19H17NO3S.C4H8.C2H6/c1-11-3-6-13(7-4-11)15-10-17(24)20-19(22)16(18(15)21)9-14-8-5-12(2)23-14;1-3-4-2;1-2/h3-9,15H,10H2,1-2H3,(H,20,22,24);3H,1,4H2,2H3;1-2H3/b16-9-;;. The van der Waals surface area contributed by atoms with E-state index in [0.29, 0.717) is 22.9 Å². The molecule has 2 aromatic rings. The van der Waals surface area contributed by atoms with Gasteiger partial charge < -0.3 is 9.73 Å². The molecule has 1 aromatic heterocycles. The fraction of sp³-hybridized carbons (Fsp3) is 0.320. The van der Waals surface area contributed by atoms with Crippen LogP contribution in [0, 0.1) is 13.8 Å². The zero-order valence-electron chi connectivity index (χ0n) is 18.5. The average molecular weight is 426 g/mol. The molecule has 30 heavy (non-hydrogen) atoms. The normalized spacial score (nSPS) is 17.2. The number of rotatable bonds is 3. The lowest BCUT2D eigenvalue weighted by Gasteiger charge is -2.13. The fourth-order valence-electron chi connectivity index (χ4n) is 2.70. The van der Waals surface area contributed by atoms with Crippen molar-refractivity contribution >= 4 is 35.0 Å². The fourth-order valence-corrected chi connectivity index (χ4v) is 2.96. The Hall–Kier alpha value is -2.79. The number of ketones is 1. The van der Waals surface area contributed by atoms with Crippen molar-refractivity contribution in [2.24, 2.45) is 0 Å². The Morgan fingerprint density at radius 1 is 1.13 bits per heavy atom. The average Bonchev–Trinajstić information content (AvgIpc) is 3.12. The number of thiocarbonyl (C=S) groups is 1. The summed E-state index contributed by atoms with van der Waals surface area (Å²) in [6.45, 7) is 13.3. The van der Waals surface area contributed by atoms with Gasteiger partial charge in [0.1, 0.15) is 11.5 Å². The summed E-state index contributed by atoms with van der Waals surface area (Å²) in [4.78, 5) is 25.7. The first kappa shape index (κ1) is 25.2. The topological polar surface area (TPSA) is 59.3 Å². The predicted octanol–water partition coefficient (Wildman–Crippen LogP) is 6.09. The van der Waals surface area contributed by atoms with Crippen LogP contribution < -0.4 is 5.32 Å². The molecule has 1 saturated heterocycles. The van der Waals surface area contributed by atoms with E-state index in [9.17, 15) is 9.59 Å². The third-order valence-electron chi connectivity index (χ3n) is 4.29. The number of hydrogen-bond acceptors (Lipinski definition) is 4. The second-order valence-electron chi connectivity index (χ2n) is 6.61. The van der Waals surface area contributed by atoms with Crippen molar-refractivity contribution in [3.63, 3.8) is 0 Å². The summed E-state index contributed by atoms with van der Waals surface area (Å²) in [5.74, 6) is -0.00584. The molecule has 1 atom stereocenters. The molecule has 1 aliphatic rings. The molecule has 160 valence electrons. The minimum atomic E-state index is -0.478. The van der Waals surface area contributed by atoms with Gasteiger partial charge in [-0.05, 0) is 44.0 Å². The molecule has 2 heterocycles. The summed E-state index contributed by atoms with van der Waals surface area (Å²) < 4.78 is 5.47. The lowest BCUT2D eigenvalue weighted by Crippen LogP contribution is -2.28. The van der Waals surface area contributed by atoms with Crippen molar-refractivity contribution in [3.05, 3.63) is 77.3 Å². The summed E-state index contributed by atoms with van der Waals surface area (Å²) in [6.07, 6.45) is 4.76. The number of nitrogens with one attached hydrogen (secondary N) is 1. The van der Waals surface area contributed by atoms with E-state index >= 15 is 0 Å².